The lowest BCUT2D eigenvalue weighted by Gasteiger charge is -2.08. The number of carbonyl (C=O) groups excluding carboxylic acids is 1. The molecule has 0 aliphatic rings. The van der Waals surface area contributed by atoms with Gasteiger partial charge in [0.05, 0.1) is 0 Å². The molecular weight excluding hydrogens is 176 g/mol. The summed E-state index contributed by atoms with van der Waals surface area (Å²) in [5, 5.41) is 2.72. The molecule has 72 valence electrons. The summed E-state index contributed by atoms with van der Waals surface area (Å²) < 4.78 is 0. The summed E-state index contributed by atoms with van der Waals surface area (Å²) in [4.78, 5) is 12.8. The summed E-state index contributed by atoms with van der Waals surface area (Å²) in [6, 6.07) is 0. The number of nitrogens with one attached hydrogen (secondary N) is 1. The van der Waals surface area contributed by atoms with Crippen LogP contribution < -0.4 is 5.32 Å². The number of amides is 1. The van der Waals surface area contributed by atoms with Crippen LogP contribution in [-0.4, -0.2) is 43.9 Å². The van der Waals surface area contributed by atoms with Gasteiger partial charge in [0.25, 0.3) is 0 Å². The van der Waals surface area contributed by atoms with Crippen molar-refractivity contribution in [2.75, 3.05) is 33.1 Å². The number of alkyl halides is 1. The Morgan fingerprint density at radius 3 is 2.58 bits per heavy atom. The zero-order chi connectivity index (χ0) is 9.40. The highest BCUT2D eigenvalue weighted by Crippen LogP contribution is 1.88. The van der Waals surface area contributed by atoms with Crippen molar-refractivity contribution in [1.82, 2.24) is 10.2 Å². The summed E-state index contributed by atoms with van der Waals surface area (Å²) >= 11 is 5.29. The molecule has 4 heteroatoms. The van der Waals surface area contributed by atoms with E-state index in [-0.39, 0.29) is 11.8 Å². The first-order chi connectivity index (χ1) is 5.66. The van der Waals surface area contributed by atoms with E-state index >= 15 is 0 Å². The highest BCUT2D eigenvalue weighted by atomic mass is 35.5. The van der Waals surface area contributed by atoms with Crippen LogP contribution in [-0.2, 0) is 4.79 Å². The molecule has 0 rings (SSSR count). The standard InChI is InChI=1S/C8H17ClN2O/c1-11(2)6-4-3-5-10-8(12)7-9/h3-7H2,1-2H3,(H,10,12). The SMILES string of the molecule is CN(C)CCCCNC(=O)CCl. The van der Waals surface area contributed by atoms with E-state index in [0.717, 1.165) is 25.9 Å². The van der Waals surface area contributed by atoms with Gasteiger partial charge in [-0.2, -0.15) is 0 Å². The lowest BCUT2D eigenvalue weighted by atomic mass is 10.3. The molecule has 0 spiro atoms. The Morgan fingerprint density at radius 1 is 1.42 bits per heavy atom. The minimum absolute atomic E-state index is 0.0632. The average molecular weight is 193 g/mol. The maximum atomic E-state index is 10.7. The van der Waals surface area contributed by atoms with Crippen LogP contribution in [0.15, 0.2) is 0 Å². The van der Waals surface area contributed by atoms with Gasteiger partial charge in [0.1, 0.15) is 5.88 Å². The number of halogens is 1. The second-order valence-corrected chi connectivity index (χ2v) is 3.26. The zero-order valence-electron chi connectivity index (χ0n) is 7.77. The van der Waals surface area contributed by atoms with E-state index in [9.17, 15) is 4.79 Å². The third-order valence-electron chi connectivity index (χ3n) is 1.48. The van der Waals surface area contributed by atoms with Gasteiger partial charge in [-0.25, -0.2) is 0 Å². The van der Waals surface area contributed by atoms with Crippen molar-refractivity contribution in [2.24, 2.45) is 0 Å². The molecule has 0 aromatic rings. The van der Waals surface area contributed by atoms with Gasteiger partial charge in [-0.15, -0.1) is 11.6 Å². The van der Waals surface area contributed by atoms with Crippen LogP contribution in [0.25, 0.3) is 0 Å². The van der Waals surface area contributed by atoms with Crippen molar-refractivity contribution >= 4 is 17.5 Å². The molecule has 0 saturated carbocycles. The second kappa shape index (κ2) is 7.37. The van der Waals surface area contributed by atoms with Crippen LogP contribution in [0.2, 0.25) is 0 Å². The van der Waals surface area contributed by atoms with Gasteiger partial charge in [0, 0.05) is 6.54 Å². The quantitative estimate of drug-likeness (QED) is 0.496. The maximum absolute atomic E-state index is 10.7. The lowest BCUT2D eigenvalue weighted by Crippen LogP contribution is -2.26. The Labute approximate surface area is 79.1 Å². The van der Waals surface area contributed by atoms with E-state index < -0.39 is 0 Å². The number of hydrogen-bond donors (Lipinski definition) is 1. The minimum atomic E-state index is -0.0819. The number of hydrogen-bond acceptors (Lipinski definition) is 2. The van der Waals surface area contributed by atoms with E-state index in [2.05, 4.69) is 10.2 Å². The first kappa shape index (κ1) is 11.7. The van der Waals surface area contributed by atoms with Gasteiger partial charge in [-0.3, -0.25) is 4.79 Å². The Bertz CT molecular complexity index is 128. The van der Waals surface area contributed by atoms with E-state index in [1.807, 2.05) is 14.1 Å². The highest BCUT2D eigenvalue weighted by molar-refractivity contribution is 6.27. The summed E-state index contributed by atoms with van der Waals surface area (Å²) in [6.45, 7) is 1.80. The van der Waals surface area contributed by atoms with E-state index in [1.165, 1.54) is 0 Å². The predicted octanol–water partition coefficient (Wildman–Crippen LogP) is 0.683. The molecule has 0 aromatic carbocycles. The van der Waals surface area contributed by atoms with E-state index in [1.54, 1.807) is 0 Å². The number of unbranched alkanes of at least 4 members (excludes halogenated alkanes) is 1. The van der Waals surface area contributed by atoms with Gasteiger partial charge < -0.3 is 10.2 Å². The van der Waals surface area contributed by atoms with Gasteiger partial charge in [-0.1, -0.05) is 0 Å². The maximum Gasteiger partial charge on any atom is 0.234 e. The minimum Gasteiger partial charge on any atom is -0.355 e. The van der Waals surface area contributed by atoms with Gasteiger partial charge in [-0.05, 0) is 33.5 Å². The molecule has 0 aliphatic heterocycles. The third kappa shape index (κ3) is 7.82. The average Bonchev–Trinajstić information content (AvgIpc) is 2.03. The van der Waals surface area contributed by atoms with Gasteiger partial charge in [0.2, 0.25) is 5.91 Å². The largest absolute Gasteiger partial charge is 0.355 e. The highest BCUT2D eigenvalue weighted by Gasteiger charge is 1.96. The van der Waals surface area contributed by atoms with Crippen molar-refractivity contribution in [3.63, 3.8) is 0 Å². The fraction of sp³-hybridized carbons (Fsp3) is 0.875. The molecule has 0 bridgehead atoms. The number of rotatable bonds is 6. The molecule has 1 amide bonds. The fourth-order valence-electron chi connectivity index (χ4n) is 0.828. The molecule has 0 radical (unpaired) electrons. The van der Waals surface area contributed by atoms with E-state index in [0.29, 0.717) is 0 Å². The van der Waals surface area contributed by atoms with Crippen molar-refractivity contribution in [2.45, 2.75) is 12.8 Å². The Morgan fingerprint density at radius 2 is 2.08 bits per heavy atom. The molecule has 0 fully saturated rings. The molecule has 0 aliphatic carbocycles. The van der Waals surface area contributed by atoms with Crippen LogP contribution in [0.1, 0.15) is 12.8 Å². The molecule has 12 heavy (non-hydrogen) atoms. The fourth-order valence-corrected chi connectivity index (χ4v) is 0.923. The smallest absolute Gasteiger partial charge is 0.234 e. The predicted molar refractivity (Wildman–Crippen MR) is 51.5 cm³/mol. The topological polar surface area (TPSA) is 32.3 Å². The number of nitrogens with zero attached hydrogens (tertiary/aromatic N) is 1. The van der Waals surface area contributed by atoms with Crippen LogP contribution in [0.4, 0.5) is 0 Å². The first-order valence-electron chi connectivity index (χ1n) is 4.14. The first-order valence-corrected chi connectivity index (χ1v) is 4.67. The second-order valence-electron chi connectivity index (χ2n) is 2.99. The monoisotopic (exact) mass is 192 g/mol. The van der Waals surface area contributed by atoms with E-state index in [4.69, 9.17) is 11.6 Å². The summed E-state index contributed by atoms with van der Waals surface area (Å²) in [6.07, 6.45) is 2.12. The molecule has 0 aromatic heterocycles. The Hall–Kier alpha value is -0.280. The normalized spacial score (nSPS) is 10.3. The van der Waals surface area contributed by atoms with Gasteiger partial charge >= 0.3 is 0 Å². The molecule has 3 nitrogen and oxygen atoms in total. The van der Waals surface area contributed by atoms with Crippen molar-refractivity contribution in [1.29, 1.82) is 0 Å². The summed E-state index contributed by atoms with van der Waals surface area (Å²) in [5.74, 6) is -0.0188. The molecule has 0 saturated heterocycles. The van der Waals surface area contributed by atoms with Crippen molar-refractivity contribution in [3.8, 4) is 0 Å². The van der Waals surface area contributed by atoms with Crippen LogP contribution in [0.3, 0.4) is 0 Å². The van der Waals surface area contributed by atoms with Crippen molar-refractivity contribution < 1.29 is 4.79 Å². The molecule has 1 N–H and O–H groups in total. The van der Waals surface area contributed by atoms with Crippen molar-refractivity contribution in [3.05, 3.63) is 0 Å². The molecule has 0 atom stereocenters. The van der Waals surface area contributed by atoms with Crippen LogP contribution >= 0.6 is 11.6 Å². The molecule has 0 unspecified atom stereocenters. The number of carbonyl (C=O) groups is 1. The zero-order valence-corrected chi connectivity index (χ0v) is 8.52. The summed E-state index contributed by atoms with van der Waals surface area (Å²) in [5.41, 5.74) is 0. The molecule has 0 heterocycles. The molecular formula is C8H17ClN2O. The Balaban J connectivity index is 3.05. The van der Waals surface area contributed by atoms with Crippen LogP contribution in [0.5, 0.6) is 0 Å². The van der Waals surface area contributed by atoms with Gasteiger partial charge in [0.15, 0.2) is 0 Å². The Kier molecular flexibility index (Phi) is 7.20. The third-order valence-corrected chi connectivity index (χ3v) is 1.72. The lowest BCUT2D eigenvalue weighted by molar-refractivity contribution is -0.118. The summed E-state index contributed by atoms with van der Waals surface area (Å²) in [7, 11) is 4.08. The van der Waals surface area contributed by atoms with Crippen LogP contribution in [0, 0.1) is 0 Å².